The van der Waals surface area contributed by atoms with Crippen LogP contribution in [0.1, 0.15) is 5.82 Å². The summed E-state index contributed by atoms with van der Waals surface area (Å²) in [4.78, 5) is 40.8. The van der Waals surface area contributed by atoms with Crippen LogP contribution in [0, 0.1) is 6.92 Å². The average Bonchev–Trinajstić information content (AvgIpc) is 3.13. The summed E-state index contributed by atoms with van der Waals surface area (Å²) in [5.41, 5.74) is 0. The number of aromatic nitrogens is 2. The van der Waals surface area contributed by atoms with Crippen molar-refractivity contribution in [1.82, 2.24) is 19.8 Å². The van der Waals surface area contributed by atoms with Crippen LogP contribution in [-0.2, 0) is 14.3 Å². The highest BCUT2D eigenvalue weighted by atomic mass is 16.6. The second-order valence-corrected chi connectivity index (χ2v) is 7.13. The van der Waals surface area contributed by atoms with E-state index in [4.69, 9.17) is 9.47 Å². The van der Waals surface area contributed by atoms with Crippen LogP contribution >= 0.6 is 0 Å². The first-order valence-electron chi connectivity index (χ1n) is 9.73. The third-order valence-electron chi connectivity index (χ3n) is 5.27. The van der Waals surface area contributed by atoms with Crippen molar-refractivity contribution in [3.63, 3.8) is 0 Å². The molecule has 0 aliphatic carbocycles. The molecule has 0 spiro atoms. The molecule has 152 valence electrons. The Balaban J connectivity index is 1.36. The van der Waals surface area contributed by atoms with Crippen molar-refractivity contribution < 1.29 is 19.1 Å². The highest BCUT2D eigenvalue weighted by Gasteiger charge is 2.28. The number of piperazine rings is 1. The van der Waals surface area contributed by atoms with E-state index in [1.807, 2.05) is 13.0 Å². The topological polar surface area (TPSA) is 91.3 Å². The molecule has 3 fully saturated rings. The molecule has 0 bridgehead atoms. The summed E-state index contributed by atoms with van der Waals surface area (Å²) in [7, 11) is 0. The van der Waals surface area contributed by atoms with Gasteiger partial charge < -0.3 is 24.2 Å². The van der Waals surface area contributed by atoms with Crippen LogP contribution in [-0.4, -0.2) is 104 Å². The summed E-state index contributed by atoms with van der Waals surface area (Å²) in [6.07, 6.45) is -0.404. The Morgan fingerprint density at radius 3 is 2.21 bits per heavy atom. The Morgan fingerprint density at radius 1 is 0.964 bits per heavy atom. The Hall–Kier alpha value is -2.62. The number of hydrogen-bond donors (Lipinski definition) is 0. The van der Waals surface area contributed by atoms with Gasteiger partial charge in [0.25, 0.3) is 0 Å². The zero-order valence-corrected chi connectivity index (χ0v) is 16.2. The van der Waals surface area contributed by atoms with Gasteiger partial charge in [-0.2, -0.15) is 0 Å². The van der Waals surface area contributed by atoms with Gasteiger partial charge in [-0.15, -0.1) is 0 Å². The maximum atomic E-state index is 12.5. The smallest absolute Gasteiger partial charge is 0.410 e. The van der Waals surface area contributed by atoms with E-state index in [-0.39, 0.29) is 12.5 Å². The van der Waals surface area contributed by atoms with Gasteiger partial charge >= 0.3 is 6.09 Å². The Bertz CT molecular complexity index is 731. The lowest BCUT2D eigenvalue weighted by Crippen LogP contribution is -2.51. The lowest BCUT2D eigenvalue weighted by molar-refractivity contribution is -0.132. The monoisotopic (exact) mass is 390 g/mol. The molecule has 0 aromatic carbocycles. The van der Waals surface area contributed by atoms with Crippen molar-refractivity contribution in [2.24, 2.45) is 0 Å². The number of morpholine rings is 1. The van der Waals surface area contributed by atoms with Gasteiger partial charge in [0.1, 0.15) is 30.6 Å². The quantitative estimate of drug-likeness (QED) is 0.694. The third kappa shape index (κ3) is 4.11. The zero-order chi connectivity index (χ0) is 19.5. The molecule has 0 saturated carbocycles. The minimum absolute atomic E-state index is 0.0358. The molecule has 1 aromatic rings. The number of cyclic esters (lactones) is 1. The first kappa shape index (κ1) is 18.7. The number of rotatable bonds is 4. The first-order valence-corrected chi connectivity index (χ1v) is 9.73. The number of carbonyl (C=O) groups is 2. The Morgan fingerprint density at radius 2 is 1.61 bits per heavy atom. The summed E-state index contributed by atoms with van der Waals surface area (Å²) in [6.45, 7) is 8.55. The van der Waals surface area contributed by atoms with Crippen molar-refractivity contribution >= 4 is 23.6 Å². The van der Waals surface area contributed by atoms with Crippen molar-refractivity contribution in [2.45, 2.75) is 6.92 Å². The number of aryl methyl sites for hydroxylation is 1. The SMILES string of the molecule is Cc1nc(N2CCOCC2)cc(N2CCN(C(=O)CN3CCOC3=O)CC2)n1. The average molecular weight is 390 g/mol. The van der Waals surface area contributed by atoms with Crippen LogP contribution in [0.25, 0.3) is 0 Å². The lowest BCUT2D eigenvalue weighted by atomic mass is 10.3. The fourth-order valence-electron chi connectivity index (χ4n) is 3.67. The molecule has 0 N–H and O–H groups in total. The number of ether oxygens (including phenoxy) is 2. The van der Waals surface area contributed by atoms with Crippen LogP contribution < -0.4 is 9.80 Å². The predicted molar refractivity (Wildman–Crippen MR) is 102 cm³/mol. The second kappa shape index (κ2) is 8.17. The highest BCUT2D eigenvalue weighted by Crippen LogP contribution is 2.21. The fourth-order valence-corrected chi connectivity index (χ4v) is 3.67. The van der Waals surface area contributed by atoms with Crippen molar-refractivity contribution in [3.05, 3.63) is 11.9 Å². The van der Waals surface area contributed by atoms with E-state index in [1.54, 1.807) is 4.90 Å². The molecule has 2 amide bonds. The minimum atomic E-state index is -0.404. The van der Waals surface area contributed by atoms with Gasteiger partial charge in [-0.25, -0.2) is 14.8 Å². The largest absolute Gasteiger partial charge is 0.448 e. The molecular weight excluding hydrogens is 364 g/mol. The lowest BCUT2D eigenvalue weighted by Gasteiger charge is -2.36. The number of nitrogens with zero attached hydrogens (tertiary/aromatic N) is 6. The summed E-state index contributed by atoms with van der Waals surface area (Å²) in [5, 5.41) is 0. The molecule has 10 nitrogen and oxygen atoms in total. The molecule has 3 aliphatic heterocycles. The zero-order valence-electron chi connectivity index (χ0n) is 16.2. The molecule has 0 radical (unpaired) electrons. The van der Waals surface area contributed by atoms with E-state index in [2.05, 4.69) is 19.8 Å². The van der Waals surface area contributed by atoms with Crippen molar-refractivity contribution in [2.75, 3.05) is 82.0 Å². The molecule has 1 aromatic heterocycles. The summed E-state index contributed by atoms with van der Waals surface area (Å²) < 4.78 is 10.3. The molecule has 10 heteroatoms. The number of hydrogen-bond acceptors (Lipinski definition) is 8. The Kier molecular flexibility index (Phi) is 5.47. The van der Waals surface area contributed by atoms with Gasteiger partial charge in [0.05, 0.1) is 19.8 Å². The fraction of sp³-hybridized carbons (Fsp3) is 0.667. The maximum absolute atomic E-state index is 12.5. The van der Waals surface area contributed by atoms with Crippen LogP contribution in [0.4, 0.5) is 16.4 Å². The van der Waals surface area contributed by atoms with E-state index < -0.39 is 6.09 Å². The second-order valence-electron chi connectivity index (χ2n) is 7.13. The van der Waals surface area contributed by atoms with Gasteiger partial charge in [0.2, 0.25) is 5.91 Å². The van der Waals surface area contributed by atoms with E-state index in [0.29, 0.717) is 52.5 Å². The first-order chi connectivity index (χ1) is 13.6. The predicted octanol–water partition coefficient (Wildman–Crippen LogP) is -0.278. The molecule has 28 heavy (non-hydrogen) atoms. The van der Waals surface area contributed by atoms with Crippen LogP contribution in [0.15, 0.2) is 6.07 Å². The molecule has 0 atom stereocenters. The van der Waals surface area contributed by atoms with Crippen molar-refractivity contribution in [3.8, 4) is 0 Å². The van der Waals surface area contributed by atoms with E-state index >= 15 is 0 Å². The van der Waals surface area contributed by atoms with Gasteiger partial charge in [0, 0.05) is 45.3 Å². The normalized spacial score (nSPS) is 20.5. The number of anilines is 2. The van der Waals surface area contributed by atoms with E-state index in [0.717, 1.165) is 30.5 Å². The summed E-state index contributed by atoms with van der Waals surface area (Å²) in [6, 6.07) is 2.02. The van der Waals surface area contributed by atoms with Gasteiger partial charge in [0.15, 0.2) is 0 Å². The number of amides is 2. The van der Waals surface area contributed by atoms with Gasteiger partial charge in [-0.3, -0.25) is 9.69 Å². The van der Waals surface area contributed by atoms with Crippen LogP contribution in [0.5, 0.6) is 0 Å². The summed E-state index contributed by atoms with van der Waals surface area (Å²) >= 11 is 0. The van der Waals surface area contributed by atoms with Crippen LogP contribution in [0.3, 0.4) is 0 Å². The summed E-state index contributed by atoms with van der Waals surface area (Å²) in [5.74, 6) is 2.53. The Labute approximate surface area is 164 Å². The molecule has 3 aliphatic rings. The van der Waals surface area contributed by atoms with Crippen molar-refractivity contribution in [1.29, 1.82) is 0 Å². The minimum Gasteiger partial charge on any atom is -0.448 e. The number of carbonyl (C=O) groups excluding carboxylic acids is 2. The van der Waals surface area contributed by atoms with Crippen LogP contribution in [0.2, 0.25) is 0 Å². The van der Waals surface area contributed by atoms with E-state index in [1.165, 1.54) is 4.90 Å². The molecule has 3 saturated heterocycles. The molecule has 4 rings (SSSR count). The molecular formula is C18H26N6O4. The standard InChI is InChI=1S/C18H26N6O4/c1-14-19-15(12-16(20-14)22-6-9-27-10-7-22)21-2-4-23(5-3-21)17(25)13-24-8-11-28-18(24)26/h12H,2-11,13H2,1H3. The maximum Gasteiger partial charge on any atom is 0.410 e. The van der Waals surface area contributed by atoms with E-state index in [9.17, 15) is 9.59 Å². The van der Waals surface area contributed by atoms with Gasteiger partial charge in [-0.1, -0.05) is 0 Å². The third-order valence-corrected chi connectivity index (χ3v) is 5.27. The molecule has 0 unspecified atom stereocenters. The molecule has 4 heterocycles. The van der Waals surface area contributed by atoms with Gasteiger partial charge in [-0.05, 0) is 6.92 Å². The highest BCUT2D eigenvalue weighted by molar-refractivity contribution is 5.83.